The van der Waals surface area contributed by atoms with Crippen LogP contribution in [0, 0.1) is 6.92 Å². The van der Waals surface area contributed by atoms with E-state index in [4.69, 9.17) is 13.9 Å². The molecule has 162 valence electrons. The molecule has 30 heavy (non-hydrogen) atoms. The van der Waals surface area contributed by atoms with Gasteiger partial charge in [-0.2, -0.15) is 0 Å². The topological polar surface area (TPSA) is 168 Å². The van der Waals surface area contributed by atoms with Gasteiger partial charge in [0.25, 0.3) is 0 Å². The van der Waals surface area contributed by atoms with Crippen LogP contribution in [0.25, 0.3) is 11.0 Å². The predicted molar refractivity (Wildman–Crippen MR) is 103 cm³/mol. The lowest BCUT2D eigenvalue weighted by atomic mass is 9.97. The molecule has 0 spiro atoms. The summed E-state index contributed by atoms with van der Waals surface area (Å²) in [4.78, 5) is 35.3. The van der Waals surface area contributed by atoms with Crippen molar-refractivity contribution >= 4 is 28.7 Å². The minimum Gasteiger partial charge on any atom is -0.423 e. The number of rotatable bonds is 4. The van der Waals surface area contributed by atoms with E-state index in [0.29, 0.717) is 10.9 Å². The van der Waals surface area contributed by atoms with E-state index >= 15 is 0 Å². The number of aliphatic hydroxyl groups is 3. The fourth-order valence-electron chi connectivity index (χ4n) is 3.23. The molecule has 2 amide bonds. The number of hydrogen-bond acceptors (Lipinski definition) is 9. The molecular weight excluding hydrogens is 400 g/mol. The van der Waals surface area contributed by atoms with Gasteiger partial charge in [-0.15, -0.1) is 0 Å². The molecule has 0 radical (unpaired) electrons. The number of aryl methyl sites for hydroxylation is 1. The van der Waals surface area contributed by atoms with Crippen molar-refractivity contribution in [2.24, 2.45) is 0 Å². The molecular formula is C19H22N2O9. The molecule has 0 saturated carbocycles. The number of carbonyl (C=O) groups excluding carboxylic acids is 2. The zero-order valence-corrected chi connectivity index (χ0v) is 16.2. The first-order valence-corrected chi connectivity index (χ1v) is 9.11. The molecule has 5 N–H and O–H groups in total. The predicted octanol–water partition coefficient (Wildman–Crippen LogP) is -0.406. The van der Waals surface area contributed by atoms with Crippen molar-refractivity contribution in [2.75, 3.05) is 11.9 Å². The zero-order chi connectivity index (χ0) is 22.0. The summed E-state index contributed by atoms with van der Waals surface area (Å²) in [7, 11) is 0. The second-order valence-corrected chi connectivity index (χ2v) is 6.92. The number of aliphatic hydroxyl groups excluding tert-OH is 3. The number of ether oxygens (including phenoxy) is 2. The molecule has 2 unspecified atom stereocenters. The van der Waals surface area contributed by atoms with E-state index in [0.717, 1.165) is 0 Å². The Balaban J connectivity index is 1.76. The number of hydrogen-bond donors (Lipinski definition) is 5. The van der Waals surface area contributed by atoms with Crippen molar-refractivity contribution in [3.05, 3.63) is 40.2 Å². The van der Waals surface area contributed by atoms with Gasteiger partial charge < -0.3 is 34.5 Å². The average molecular weight is 422 g/mol. The minimum absolute atomic E-state index is 0.257. The molecule has 1 aliphatic rings. The average Bonchev–Trinajstić information content (AvgIpc) is 2.66. The largest absolute Gasteiger partial charge is 0.423 e. The van der Waals surface area contributed by atoms with Gasteiger partial charge in [0.15, 0.2) is 0 Å². The highest BCUT2D eigenvalue weighted by Gasteiger charge is 2.46. The second-order valence-electron chi connectivity index (χ2n) is 6.92. The van der Waals surface area contributed by atoms with Gasteiger partial charge in [-0.1, -0.05) is 0 Å². The highest BCUT2D eigenvalue weighted by Crippen LogP contribution is 2.24. The molecule has 1 saturated heterocycles. The lowest BCUT2D eigenvalue weighted by molar-refractivity contribution is -0.251. The molecule has 0 bridgehead atoms. The van der Waals surface area contributed by atoms with Crippen LogP contribution < -0.4 is 16.3 Å². The highest BCUT2D eigenvalue weighted by atomic mass is 16.7. The van der Waals surface area contributed by atoms with E-state index in [9.17, 15) is 29.7 Å². The van der Waals surface area contributed by atoms with Crippen molar-refractivity contribution in [2.45, 2.75) is 44.5 Å². The van der Waals surface area contributed by atoms with Crippen molar-refractivity contribution in [3.8, 4) is 0 Å². The Labute approximate surface area is 170 Å². The van der Waals surface area contributed by atoms with Gasteiger partial charge in [0.1, 0.15) is 29.9 Å². The van der Waals surface area contributed by atoms with Crippen LogP contribution in [0.5, 0.6) is 0 Å². The fourth-order valence-corrected chi connectivity index (χ4v) is 3.23. The SMILES string of the molecule is CC(=O)NC1[C@H](OC(=O)Nc2ccc3c(C)cc(=O)oc3c2)OC(CO)[C@@H](O)[C@@H]1O. The molecule has 2 heterocycles. The summed E-state index contributed by atoms with van der Waals surface area (Å²) in [6.07, 6.45) is -6.74. The quantitative estimate of drug-likeness (QED) is 0.412. The minimum atomic E-state index is -1.55. The van der Waals surface area contributed by atoms with Gasteiger partial charge >= 0.3 is 11.7 Å². The maximum Gasteiger partial charge on any atom is 0.414 e. The van der Waals surface area contributed by atoms with Crippen molar-refractivity contribution in [3.63, 3.8) is 0 Å². The third kappa shape index (κ3) is 4.60. The van der Waals surface area contributed by atoms with Gasteiger partial charge in [0.2, 0.25) is 12.2 Å². The lowest BCUT2D eigenvalue weighted by Gasteiger charge is -2.41. The van der Waals surface area contributed by atoms with E-state index in [-0.39, 0.29) is 11.3 Å². The van der Waals surface area contributed by atoms with Crippen LogP contribution in [0.3, 0.4) is 0 Å². The Morgan fingerprint density at radius 2 is 1.93 bits per heavy atom. The van der Waals surface area contributed by atoms with E-state index in [1.54, 1.807) is 19.1 Å². The number of amides is 2. The first-order chi connectivity index (χ1) is 14.2. The van der Waals surface area contributed by atoms with Gasteiger partial charge in [0.05, 0.1) is 6.61 Å². The van der Waals surface area contributed by atoms with Crippen LogP contribution in [0.15, 0.2) is 33.5 Å². The number of fused-ring (bicyclic) bond motifs is 1. The first-order valence-electron chi connectivity index (χ1n) is 9.11. The lowest BCUT2D eigenvalue weighted by Crippen LogP contribution is -2.65. The first kappa shape index (κ1) is 21.7. The van der Waals surface area contributed by atoms with Crippen LogP contribution in [-0.2, 0) is 14.3 Å². The molecule has 1 aromatic heterocycles. The normalized spacial score (nSPS) is 26.2. The van der Waals surface area contributed by atoms with Crippen molar-refractivity contribution in [1.29, 1.82) is 0 Å². The number of nitrogens with one attached hydrogen (secondary N) is 2. The van der Waals surface area contributed by atoms with Crippen molar-refractivity contribution in [1.82, 2.24) is 5.32 Å². The van der Waals surface area contributed by atoms with Gasteiger partial charge in [0, 0.05) is 30.1 Å². The molecule has 1 fully saturated rings. The smallest absolute Gasteiger partial charge is 0.414 e. The van der Waals surface area contributed by atoms with E-state index in [1.807, 2.05) is 0 Å². The summed E-state index contributed by atoms with van der Waals surface area (Å²) < 4.78 is 15.6. The molecule has 11 heteroatoms. The van der Waals surface area contributed by atoms with E-state index in [2.05, 4.69) is 10.6 Å². The Morgan fingerprint density at radius 1 is 1.20 bits per heavy atom. The summed E-state index contributed by atoms with van der Waals surface area (Å²) in [6, 6.07) is 4.75. The molecule has 3 rings (SSSR count). The van der Waals surface area contributed by atoms with Crippen LogP contribution in [0.1, 0.15) is 12.5 Å². The standard InChI is InChI=1S/C19H22N2O9/c1-8-5-14(24)28-12-6-10(3-4-11(8)12)21-19(27)30-18-15(20-9(2)23)17(26)16(25)13(7-22)29-18/h3-6,13,15-18,22,25-26H,7H2,1-2H3,(H,20,23)(H,21,27)/t13?,15?,16-,17-,18+/m1/s1. The Morgan fingerprint density at radius 3 is 2.60 bits per heavy atom. The Hall–Kier alpha value is -2.99. The molecule has 0 aliphatic carbocycles. The number of benzene rings is 1. The Bertz CT molecular complexity index is 1010. The van der Waals surface area contributed by atoms with E-state index in [1.165, 1.54) is 19.1 Å². The van der Waals surface area contributed by atoms with Crippen LogP contribution in [0.2, 0.25) is 0 Å². The molecule has 2 aromatic rings. The van der Waals surface area contributed by atoms with Gasteiger partial charge in [-0.25, -0.2) is 9.59 Å². The van der Waals surface area contributed by atoms with Crippen LogP contribution >= 0.6 is 0 Å². The van der Waals surface area contributed by atoms with Gasteiger partial charge in [-0.3, -0.25) is 10.1 Å². The summed E-state index contributed by atoms with van der Waals surface area (Å²) in [5, 5.41) is 35.0. The monoisotopic (exact) mass is 422 g/mol. The number of anilines is 1. The summed E-state index contributed by atoms with van der Waals surface area (Å²) in [6.45, 7) is 2.29. The van der Waals surface area contributed by atoms with Crippen LogP contribution in [0.4, 0.5) is 10.5 Å². The fraction of sp³-hybridized carbons (Fsp3) is 0.421. The maximum atomic E-state index is 12.3. The maximum absolute atomic E-state index is 12.3. The molecule has 1 aromatic carbocycles. The summed E-state index contributed by atoms with van der Waals surface area (Å²) >= 11 is 0. The van der Waals surface area contributed by atoms with Crippen molar-refractivity contribution < 1.29 is 38.8 Å². The highest BCUT2D eigenvalue weighted by molar-refractivity contribution is 5.90. The summed E-state index contributed by atoms with van der Waals surface area (Å²) in [5.41, 5.74) is 0.706. The third-order valence-electron chi connectivity index (χ3n) is 4.67. The van der Waals surface area contributed by atoms with E-state index < -0.39 is 54.9 Å². The summed E-state index contributed by atoms with van der Waals surface area (Å²) in [5.74, 6) is -0.550. The molecule has 5 atom stereocenters. The second kappa shape index (κ2) is 8.79. The Kier molecular flexibility index (Phi) is 6.37. The molecule has 11 nitrogen and oxygen atoms in total. The molecule has 1 aliphatic heterocycles. The van der Waals surface area contributed by atoms with Crippen LogP contribution in [-0.4, -0.2) is 64.6 Å². The third-order valence-corrected chi connectivity index (χ3v) is 4.67. The number of carbonyl (C=O) groups is 2. The zero-order valence-electron chi connectivity index (χ0n) is 16.2. The van der Waals surface area contributed by atoms with Gasteiger partial charge in [-0.05, 0) is 24.6 Å².